The molecule has 0 aliphatic carbocycles. The first-order chi connectivity index (χ1) is 4.86. The smallest absolute Gasteiger partial charge is 0.0553 e. The first-order valence-corrected chi connectivity index (χ1v) is 3.23. The van der Waals surface area contributed by atoms with E-state index in [1.807, 2.05) is 18.2 Å². The molecule has 0 unspecified atom stereocenters. The Kier molecular flexibility index (Phi) is 1.05. The minimum absolute atomic E-state index is 0.801. The van der Waals surface area contributed by atoms with E-state index in [1.54, 1.807) is 0 Å². The van der Waals surface area contributed by atoms with Crippen molar-refractivity contribution in [3.63, 3.8) is 0 Å². The van der Waals surface area contributed by atoms with Crippen molar-refractivity contribution in [1.82, 2.24) is 5.43 Å². The molecule has 0 atom stereocenters. The summed E-state index contributed by atoms with van der Waals surface area (Å²) in [4.78, 5) is 0. The van der Waals surface area contributed by atoms with Crippen LogP contribution in [0.5, 0.6) is 0 Å². The van der Waals surface area contributed by atoms with Gasteiger partial charge in [-0.15, -0.1) is 0 Å². The molecule has 0 aromatic heterocycles. The molecular formula is C7H9N3. The summed E-state index contributed by atoms with van der Waals surface area (Å²) in [5.41, 5.74) is 14.8. The van der Waals surface area contributed by atoms with Crippen LogP contribution in [0, 0.1) is 0 Å². The fourth-order valence-corrected chi connectivity index (χ4v) is 1.10. The van der Waals surface area contributed by atoms with Gasteiger partial charge in [-0.25, -0.2) is 5.43 Å². The van der Waals surface area contributed by atoms with Gasteiger partial charge in [-0.05, 0) is 17.7 Å². The topological polar surface area (TPSA) is 50.1 Å². The molecule has 0 fully saturated rings. The lowest BCUT2D eigenvalue weighted by atomic mass is 10.2. The number of hydrogen-bond acceptors (Lipinski definition) is 3. The van der Waals surface area contributed by atoms with Gasteiger partial charge in [0.1, 0.15) is 0 Å². The molecule has 0 radical (unpaired) electrons. The fourth-order valence-electron chi connectivity index (χ4n) is 1.10. The maximum atomic E-state index is 5.56. The lowest BCUT2D eigenvalue weighted by molar-refractivity contribution is 0.860. The van der Waals surface area contributed by atoms with Crippen molar-refractivity contribution in [2.24, 2.45) is 0 Å². The SMILES string of the molecule is Nc1ccc2c(c1)NNC2. The Hall–Kier alpha value is -1.22. The van der Waals surface area contributed by atoms with Crippen LogP contribution in [0.4, 0.5) is 11.4 Å². The highest BCUT2D eigenvalue weighted by atomic mass is 15.4. The van der Waals surface area contributed by atoms with Gasteiger partial charge in [0.15, 0.2) is 0 Å². The number of nitrogens with one attached hydrogen (secondary N) is 2. The summed E-state index contributed by atoms with van der Waals surface area (Å²) in [5.74, 6) is 0. The zero-order chi connectivity index (χ0) is 6.97. The number of nitrogens with two attached hydrogens (primary N) is 1. The van der Waals surface area contributed by atoms with Gasteiger partial charge >= 0.3 is 0 Å². The van der Waals surface area contributed by atoms with Crippen LogP contribution >= 0.6 is 0 Å². The van der Waals surface area contributed by atoms with Crippen molar-refractivity contribution in [2.45, 2.75) is 6.54 Å². The number of hydrogen-bond donors (Lipinski definition) is 3. The minimum atomic E-state index is 0.801. The number of nitrogen functional groups attached to an aromatic ring is 1. The van der Waals surface area contributed by atoms with Crippen LogP contribution in [-0.4, -0.2) is 0 Å². The Morgan fingerprint density at radius 1 is 1.40 bits per heavy atom. The Morgan fingerprint density at radius 3 is 3.20 bits per heavy atom. The van der Waals surface area contributed by atoms with Crippen LogP contribution in [0.1, 0.15) is 5.56 Å². The van der Waals surface area contributed by atoms with E-state index in [0.717, 1.165) is 17.9 Å². The summed E-state index contributed by atoms with van der Waals surface area (Å²) in [6.07, 6.45) is 0. The van der Waals surface area contributed by atoms with Gasteiger partial charge in [0.05, 0.1) is 5.69 Å². The number of rotatable bonds is 0. The summed E-state index contributed by atoms with van der Waals surface area (Å²) >= 11 is 0. The van der Waals surface area contributed by atoms with Crippen LogP contribution < -0.4 is 16.6 Å². The van der Waals surface area contributed by atoms with Crippen LogP contribution in [0.2, 0.25) is 0 Å². The van der Waals surface area contributed by atoms with Crippen LogP contribution in [0.3, 0.4) is 0 Å². The molecule has 4 N–H and O–H groups in total. The van der Waals surface area contributed by atoms with Gasteiger partial charge in [-0.2, -0.15) is 0 Å². The monoisotopic (exact) mass is 135 g/mol. The van der Waals surface area contributed by atoms with E-state index in [9.17, 15) is 0 Å². The predicted octanol–water partition coefficient (Wildman–Crippen LogP) is 0.699. The summed E-state index contributed by atoms with van der Waals surface area (Å²) in [7, 11) is 0. The zero-order valence-electron chi connectivity index (χ0n) is 5.52. The quantitative estimate of drug-likeness (QED) is 0.459. The molecule has 52 valence electrons. The van der Waals surface area contributed by atoms with Gasteiger partial charge in [0.25, 0.3) is 0 Å². The van der Waals surface area contributed by atoms with E-state index in [0.29, 0.717) is 0 Å². The van der Waals surface area contributed by atoms with Crippen molar-refractivity contribution >= 4 is 11.4 Å². The molecule has 1 aliphatic heterocycles. The number of hydrazine groups is 1. The lowest BCUT2D eigenvalue weighted by Gasteiger charge is -1.97. The summed E-state index contributed by atoms with van der Waals surface area (Å²) in [5, 5.41) is 0. The lowest BCUT2D eigenvalue weighted by Crippen LogP contribution is -2.10. The van der Waals surface area contributed by atoms with E-state index in [2.05, 4.69) is 10.9 Å². The third-order valence-corrected chi connectivity index (χ3v) is 1.64. The normalized spacial score (nSPS) is 14.4. The van der Waals surface area contributed by atoms with Gasteiger partial charge in [0.2, 0.25) is 0 Å². The van der Waals surface area contributed by atoms with E-state index in [-0.39, 0.29) is 0 Å². The maximum Gasteiger partial charge on any atom is 0.0553 e. The van der Waals surface area contributed by atoms with Gasteiger partial charge in [0, 0.05) is 12.2 Å². The second kappa shape index (κ2) is 1.88. The molecule has 0 spiro atoms. The summed E-state index contributed by atoms with van der Waals surface area (Å²) < 4.78 is 0. The van der Waals surface area contributed by atoms with Crippen molar-refractivity contribution < 1.29 is 0 Å². The third kappa shape index (κ3) is 0.717. The maximum absolute atomic E-state index is 5.56. The average molecular weight is 135 g/mol. The molecule has 1 heterocycles. The van der Waals surface area contributed by atoms with Crippen LogP contribution in [-0.2, 0) is 6.54 Å². The van der Waals surface area contributed by atoms with Crippen molar-refractivity contribution in [3.8, 4) is 0 Å². The molecule has 0 saturated carbocycles. The van der Waals surface area contributed by atoms with Crippen molar-refractivity contribution in [2.75, 3.05) is 11.2 Å². The van der Waals surface area contributed by atoms with Gasteiger partial charge in [-0.3, -0.25) is 0 Å². The molecule has 0 saturated heterocycles. The van der Waals surface area contributed by atoms with E-state index in [4.69, 9.17) is 5.73 Å². The van der Waals surface area contributed by atoms with Crippen molar-refractivity contribution in [1.29, 1.82) is 0 Å². The van der Waals surface area contributed by atoms with Crippen molar-refractivity contribution in [3.05, 3.63) is 23.8 Å². The molecule has 1 aliphatic rings. The summed E-state index contributed by atoms with van der Waals surface area (Å²) in [6.45, 7) is 0.885. The Morgan fingerprint density at radius 2 is 2.30 bits per heavy atom. The summed E-state index contributed by atoms with van der Waals surface area (Å²) in [6, 6.07) is 5.86. The average Bonchev–Trinajstić information content (AvgIpc) is 2.33. The highest BCUT2D eigenvalue weighted by Gasteiger charge is 2.07. The largest absolute Gasteiger partial charge is 0.399 e. The molecule has 2 rings (SSSR count). The molecule has 10 heavy (non-hydrogen) atoms. The first kappa shape index (κ1) is 5.56. The molecule has 3 nitrogen and oxygen atoms in total. The van der Waals surface area contributed by atoms with E-state index >= 15 is 0 Å². The number of fused-ring (bicyclic) bond motifs is 1. The Bertz CT molecular complexity index is 257. The third-order valence-electron chi connectivity index (χ3n) is 1.64. The highest BCUT2D eigenvalue weighted by Crippen LogP contribution is 2.21. The second-order valence-electron chi connectivity index (χ2n) is 2.40. The molecular weight excluding hydrogens is 126 g/mol. The number of anilines is 2. The molecule has 1 aromatic carbocycles. The molecule has 0 bridgehead atoms. The first-order valence-electron chi connectivity index (χ1n) is 3.23. The predicted molar refractivity (Wildman–Crippen MR) is 41.3 cm³/mol. The second-order valence-corrected chi connectivity index (χ2v) is 2.40. The van der Waals surface area contributed by atoms with Gasteiger partial charge in [-0.1, -0.05) is 6.07 Å². The fraction of sp³-hybridized carbons (Fsp3) is 0.143. The Labute approximate surface area is 59.2 Å². The standard InChI is InChI=1S/C7H9N3/c8-6-2-1-5-4-9-10-7(5)3-6/h1-3,9-10H,4,8H2. The van der Waals surface area contributed by atoms with E-state index < -0.39 is 0 Å². The van der Waals surface area contributed by atoms with Crippen LogP contribution in [0.25, 0.3) is 0 Å². The van der Waals surface area contributed by atoms with Crippen LogP contribution in [0.15, 0.2) is 18.2 Å². The number of benzene rings is 1. The minimum Gasteiger partial charge on any atom is -0.399 e. The molecule has 0 amide bonds. The van der Waals surface area contributed by atoms with Gasteiger partial charge < -0.3 is 11.2 Å². The zero-order valence-corrected chi connectivity index (χ0v) is 5.52. The molecule has 3 heteroatoms. The Balaban J connectivity index is 2.52. The van der Waals surface area contributed by atoms with E-state index in [1.165, 1.54) is 5.56 Å². The molecule has 1 aromatic rings. The highest BCUT2D eigenvalue weighted by molar-refractivity contribution is 5.61.